The van der Waals surface area contributed by atoms with Gasteiger partial charge >= 0.3 is 12.1 Å². The summed E-state index contributed by atoms with van der Waals surface area (Å²) in [6.45, 7) is 0.947. The molecule has 1 fully saturated rings. The second kappa shape index (κ2) is 12.0. The lowest BCUT2D eigenvalue weighted by atomic mass is 9.86. The van der Waals surface area contributed by atoms with Crippen molar-refractivity contribution >= 4 is 27.8 Å². The van der Waals surface area contributed by atoms with Gasteiger partial charge in [-0.05, 0) is 61.8 Å². The predicted molar refractivity (Wildman–Crippen MR) is 140 cm³/mol. The maximum Gasteiger partial charge on any atom is 0.417 e. The van der Waals surface area contributed by atoms with Crippen LogP contribution in [0.25, 0.3) is 6.08 Å². The molecular weight excluding hydrogens is 553 g/mol. The Morgan fingerprint density at radius 3 is 2.62 bits per heavy atom. The highest BCUT2D eigenvalue weighted by Gasteiger charge is 2.39. The number of sulfonamides is 1. The molecule has 1 saturated carbocycles. The number of carboxylic acid groups (broad SMARTS) is 1. The van der Waals surface area contributed by atoms with E-state index < -0.39 is 57.8 Å². The number of ether oxygens (including phenoxy) is 2. The third-order valence-corrected chi connectivity index (χ3v) is 8.70. The van der Waals surface area contributed by atoms with Crippen molar-refractivity contribution in [2.45, 2.75) is 62.6 Å². The number of aliphatic carboxylic acids is 1. The van der Waals surface area contributed by atoms with Crippen LogP contribution >= 0.6 is 0 Å². The SMILES string of the molecule is CC1CCC(=Cc2ccc3c(c2)N(S(=O)(=O)c2cc(C(F)(F)F)cnc2OCCO)CC(CCC(=O)O)O3)CC1. The van der Waals surface area contributed by atoms with Crippen LogP contribution in [0.15, 0.2) is 40.9 Å². The van der Waals surface area contributed by atoms with Crippen LogP contribution in [-0.2, 0) is 21.0 Å². The predicted octanol–water partition coefficient (Wildman–Crippen LogP) is 4.89. The second-order valence-electron chi connectivity index (χ2n) is 10.0. The number of fused-ring (bicyclic) bond motifs is 1. The molecule has 1 atom stereocenters. The minimum Gasteiger partial charge on any atom is -0.486 e. The quantitative estimate of drug-likeness (QED) is 0.427. The lowest BCUT2D eigenvalue weighted by Gasteiger charge is -2.36. The van der Waals surface area contributed by atoms with Gasteiger partial charge in [-0.3, -0.25) is 9.10 Å². The lowest BCUT2D eigenvalue weighted by molar-refractivity contribution is -0.138. The number of nitrogens with zero attached hydrogens (tertiary/aromatic N) is 2. The highest BCUT2D eigenvalue weighted by molar-refractivity contribution is 7.93. The van der Waals surface area contributed by atoms with Gasteiger partial charge in [0.05, 0.1) is 24.4 Å². The van der Waals surface area contributed by atoms with Crippen LogP contribution in [0, 0.1) is 5.92 Å². The highest BCUT2D eigenvalue weighted by atomic mass is 32.2. The van der Waals surface area contributed by atoms with Crippen molar-refractivity contribution in [2.75, 3.05) is 24.1 Å². The minimum atomic E-state index is -4.88. The largest absolute Gasteiger partial charge is 0.486 e. The number of aliphatic hydroxyl groups is 1. The van der Waals surface area contributed by atoms with E-state index in [0.717, 1.165) is 30.0 Å². The van der Waals surface area contributed by atoms with Crippen LogP contribution in [0.3, 0.4) is 0 Å². The summed E-state index contributed by atoms with van der Waals surface area (Å²) in [5.41, 5.74) is 0.735. The topological polar surface area (TPSA) is 126 Å². The molecule has 0 bridgehead atoms. The summed E-state index contributed by atoms with van der Waals surface area (Å²) < 4.78 is 80.7. The Bertz CT molecular complexity index is 1370. The molecule has 2 heterocycles. The number of halogens is 3. The number of anilines is 1. The van der Waals surface area contributed by atoms with Gasteiger partial charge < -0.3 is 19.7 Å². The molecule has 1 aromatic carbocycles. The number of rotatable bonds is 9. The monoisotopic (exact) mass is 584 g/mol. The standard InChI is InChI=1S/C27H31F3N2O7S/c1-17-2-4-18(5-3-17)12-19-6-8-23-22(13-19)32(16-21(39-23)7-9-25(34)35)40(36,37)24-14-20(27(28,29)30)15-31-26(24)38-11-10-33/h6,8,12-15,17,21,33H,2-5,7,9-11,16H2,1H3,(H,34,35). The number of alkyl halides is 3. The van der Waals surface area contributed by atoms with Crippen molar-refractivity contribution in [1.82, 2.24) is 4.98 Å². The average Bonchev–Trinajstić information content (AvgIpc) is 2.91. The van der Waals surface area contributed by atoms with Crippen LogP contribution in [0.5, 0.6) is 11.6 Å². The molecule has 0 saturated heterocycles. The fraction of sp³-hybridized carbons (Fsp3) is 0.481. The van der Waals surface area contributed by atoms with Gasteiger partial charge in [0.15, 0.2) is 4.90 Å². The number of aliphatic hydroxyl groups excluding tert-OH is 1. The Labute approximate surface area is 230 Å². The zero-order valence-electron chi connectivity index (χ0n) is 21.9. The molecule has 1 aromatic heterocycles. The smallest absolute Gasteiger partial charge is 0.417 e. The first-order valence-corrected chi connectivity index (χ1v) is 14.4. The third kappa shape index (κ3) is 6.87. The number of carbonyl (C=O) groups is 1. The first-order valence-electron chi connectivity index (χ1n) is 12.9. The third-order valence-electron chi connectivity index (χ3n) is 6.93. The Hall–Kier alpha value is -3.32. The molecule has 0 radical (unpaired) electrons. The number of pyridine rings is 1. The van der Waals surface area contributed by atoms with Crippen LogP contribution in [0.4, 0.5) is 18.9 Å². The summed E-state index contributed by atoms with van der Waals surface area (Å²) in [6, 6.07) is 5.39. The fourth-order valence-corrected chi connectivity index (χ4v) is 6.35. The second-order valence-corrected chi connectivity index (χ2v) is 11.8. The molecule has 9 nitrogen and oxygen atoms in total. The van der Waals surface area contributed by atoms with Crippen LogP contribution < -0.4 is 13.8 Å². The van der Waals surface area contributed by atoms with E-state index in [9.17, 15) is 26.4 Å². The van der Waals surface area contributed by atoms with Gasteiger partial charge in [0.1, 0.15) is 18.5 Å². The minimum absolute atomic E-state index is 0.0283. The number of benzene rings is 1. The van der Waals surface area contributed by atoms with Gasteiger partial charge in [-0.25, -0.2) is 13.4 Å². The Kier molecular flexibility index (Phi) is 8.93. The van der Waals surface area contributed by atoms with Crippen molar-refractivity contribution in [3.8, 4) is 11.6 Å². The molecule has 1 aliphatic carbocycles. The van der Waals surface area contributed by atoms with Crippen molar-refractivity contribution in [3.63, 3.8) is 0 Å². The Morgan fingerprint density at radius 2 is 1.98 bits per heavy atom. The van der Waals surface area contributed by atoms with E-state index in [-0.39, 0.29) is 30.8 Å². The first-order chi connectivity index (χ1) is 18.9. The number of hydrogen-bond acceptors (Lipinski definition) is 7. The molecule has 218 valence electrons. The molecule has 2 aromatic rings. The van der Waals surface area contributed by atoms with Crippen molar-refractivity contribution in [3.05, 3.63) is 47.2 Å². The molecule has 1 unspecified atom stereocenters. The van der Waals surface area contributed by atoms with E-state index >= 15 is 0 Å². The molecule has 2 aliphatic rings. The maximum absolute atomic E-state index is 14.0. The lowest BCUT2D eigenvalue weighted by Crippen LogP contribution is -2.44. The van der Waals surface area contributed by atoms with E-state index in [1.54, 1.807) is 18.2 Å². The van der Waals surface area contributed by atoms with E-state index in [4.69, 9.17) is 19.7 Å². The van der Waals surface area contributed by atoms with E-state index in [2.05, 4.69) is 11.9 Å². The summed E-state index contributed by atoms with van der Waals surface area (Å²) in [5, 5.41) is 18.3. The summed E-state index contributed by atoms with van der Waals surface area (Å²) >= 11 is 0. The highest BCUT2D eigenvalue weighted by Crippen LogP contribution is 2.42. The van der Waals surface area contributed by atoms with Gasteiger partial charge in [-0.1, -0.05) is 24.6 Å². The Morgan fingerprint density at radius 1 is 1.25 bits per heavy atom. The molecule has 13 heteroatoms. The fourth-order valence-electron chi connectivity index (χ4n) is 4.74. The summed E-state index contributed by atoms with van der Waals surface area (Å²) in [4.78, 5) is 13.9. The van der Waals surface area contributed by atoms with Gasteiger partial charge in [0.2, 0.25) is 5.88 Å². The Balaban J connectivity index is 1.80. The van der Waals surface area contributed by atoms with E-state index in [1.807, 2.05) is 6.08 Å². The van der Waals surface area contributed by atoms with Crippen LogP contribution in [0.2, 0.25) is 0 Å². The molecular formula is C27H31F3N2O7S. The maximum atomic E-state index is 14.0. The van der Waals surface area contributed by atoms with E-state index in [0.29, 0.717) is 23.7 Å². The van der Waals surface area contributed by atoms with Crippen LogP contribution in [0.1, 0.15) is 56.6 Å². The summed E-state index contributed by atoms with van der Waals surface area (Å²) in [6.07, 6.45) is 0.283. The molecule has 4 rings (SSSR count). The number of allylic oxidation sites excluding steroid dienone is 1. The van der Waals surface area contributed by atoms with Gasteiger partial charge in [0, 0.05) is 12.6 Å². The number of carboxylic acids is 1. The zero-order valence-corrected chi connectivity index (χ0v) is 22.7. The molecule has 1 aliphatic heterocycles. The van der Waals surface area contributed by atoms with Gasteiger partial charge in [-0.2, -0.15) is 13.2 Å². The number of hydrogen-bond donors (Lipinski definition) is 2. The summed E-state index contributed by atoms with van der Waals surface area (Å²) in [5.74, 6) is -0.913. The van der Waals surface area contributed by atoms with Crippen molar-refractivity contribution in [1.29, 1.82) is 0 Å². The molecule has 2 N–H and O–H groups in total. The molecule has 0 spiro atoms. The normalized spacial score (nSPS) is 19.5. The van der Waals surface area contributed by atoms with Gasteiger partial charge in [-0.15, -0.1) is 0 Å². The molecule has 0 amide bonds. The zero-order chi connectivity index (χ0) is 29.1. The summed E-state index contributed by atoms with van der Waals surface area (Å²) in [7, 11) is -4.73. The first kappa shape index (κ1) is 29.7. The van der Waals surface area contributed by atoms with Crippen LogP contribution in [-0.4, -0.2) is 55.4 Å². The average molecular weight is 585 g/mol. The van der Waals surface area contributed by atoms with Crippen molar-refractivity contribution in [2.24, 2.45) is 5.92 Å². The number of aromatic nitrogens is 1. The van der Waals surface area contributed by atoms with E-state index in [1.165, 1.54) is 5.57 Å². The molecule has 40 heavy (non-hydrogen) atoms. The van der Waals surface area contributed by atoms with Gasteiger partial charge in [0.25, 0.3) is 10.0 Å². The van der Waals surface area contributed by atoms with Crippen molar-refractivity contribution < 1.29 is 46.1 Å².